The first-order valence-corrected chi connectivity index (χ1v) is 9.09. The SMILES string of the molecule is CCOC(=O)c1ccc(-c2ccc(-c3nc4[nH]c(=O)[nH]c4cc3Cl)cc2)cc1. The van der Waals surface area contributed by atoms with Gasteiger partial charge >= 0.3 is 11.7 Å². The normalized spacial score (nSPS) is 10.9. The molecule has 0 unspecified atom stereocenters. The number of imidazole rings is 1. The lowest BCUT2D eigenvalue weighted by atomic mass is 10.0. The first-order chi connectivity index (χ1) is 13.5. The Morgan fingerprint density at radius 3 is 2.25 bits per heavy atom. The second kappa shape index (κ2) is 7.32. The number of ether oxygens (including phenoxy) is 1. The van der Waals surface area contributed by atoms with Crippen LogP contribution in [-0.2, 0) is 4.74 Å². The highest BCUT2D eigenvalue weighted by molar-refractivity contribution is 6.33. The molecule has 0 saturated carbocycles. The van der Waals surface area contributed by atoms with Crippen molar-refractivity contribution in [3.05, 3.63) is 75.7 Å². The van der Waals surface area contributed by atoms with E-state index < -0.39 is 0 Å². The Morgan fingerprint density at radius 1 is 1.00 bits per heavy atom. The molecule has 28 heavy (non-hydrogen) atoms. The van der Waals surface area contributed by atoms with Gasteiger partial charge in [0.25, 0.3) is 0 Å². The van der Waals surface area contributed by atoms with Gasteiger partial charge < -0.3 is 9.72 Å². The van der Waals surface area contributed by atoms with Gasteiger partial charge in [-0.05, 0) is 36.2 Å². The third-order valence-corrected chi connectivity index (χ3v) is 4.63. The second-order valence-corrected chi connectivity index (χ2v) is 6.58. The van der Waals surface area contributed by atoms with Gasteiger partial charge in [-0.15, -0.1) is 0 Å². The van der Waals surface area contributed by atoms with Crippen LogP contribution in [-0.4, -0.2) is 27.5 Å². The number of hydrogen-bond donors (Lipinski definition) is 2. The molecule has 6 nitrogen and oxygen atoms in total. The van der Waals surface area contributed by atoms with Crippen LogP contribution in [0, 0.1) is 0 Å². The molecular formula is C21H16ClN3O3. The molecule has 4 aromatic rings. The predicted octanol–water partition coefficient (Wildman–Crippen LogP) is 4.42. The number of carbonyl (C=O) groups is 1. The first-order valence-electron chi connectivity index (χ1n) is 8.71. The van der Waals surface area contributed by atoms with Gasteiger partial charge in [0.1, 0.15) is 0 Å². The number of aromatic amines is 2. The smallest absolute Gasteiger partial charge is 0.338 e. The number of esters is 1. The van der Waals surface area contributed by atoms with E-state index >= 15 is 0 Å². The Labute approximate surface area is 165 Å². The van der Waals surface area contributed by atoms with E-state index in [4.69, 9.17) is 16.3 Å². The number of nitrogens with one attached hydrogen (secondary N) is 2. The average Bonchev–Trinajstić information content (AvgIpc) is 3.06. The Hall–Kier alpha value is -3.38. The van der Waals surface area contributed by atoms with Crippen molar-refractivity contribution in [3.63, 3.8) is 0 Å². The number of H-pyrrole nitrogens is 2. The maximum atomic E-state index is 11.8. The molecule has 0 fully saturated rings. The van der Waals surface area contributed by atoms with Crippen molar-refractivity contribution in [1.29, 1.82) is 0 Å². The highest BCUT2D eigenvalue weighted by Crippen LogP contribution is 2.30. The third kappa shape index (κ3) is 3.42. The molecule has 140 valence electrons. The van der Waals surface area contributed by atoms with E-state index in [-0.39, 0.29) is 11.7 Å². The molecule has 0 atom stereocenters. The number of pyridine rings is 1. The van der Waals surface area contributed by atoms with Gasteiger partial charge in [0.15, 0.2) is 5.65 Å². The number of hydrogen-bond acceptors (Lipinski definition) is 4. The summed E-state index contributed by atoms with van der Waals surface area (Å²) in [6.07, 6.45) is 0. The van der Waals surface area contributed by atoms with E-state index in [2.05, 4.69) is 15.0 Å². The van der Waals surface area contributed by atoms with E-state index in [1.54, 1.807) is 25.1 Å². The van der Waals surface area contributed by atoms with E-state index in [9.17, 15) is 9.59 Å². The number of carbonyl (C=O) groups excluding carboxylic acids is 1. The van der Waals surface area contributed by atoms with E-state index in [1.807, 2.05) is 36.4 Å². The Morgan fingerprint density at radius 2 is 1.61 bits per heavy atom. The molecule has 0 aliphatic rings. The summed E-state index contributed by atoms with van der Waals surface area (Å²) < 4.78 is 5.00. The lowest BCUT2D eigenvalue weighted by Gasteiger charge is -2.07. The summed E-state index contributed by atoms with van der Waals surface area (Å²) in [5.74, 6) is -0.330. The summed E-state index contributed by atoms with van der Waals surface area (Å²) >= 11 is 6.33. The molecule has 2 N–H and O–H groups in total. The zero-order chi connectivity index (χ0) is 19.7. The maximum absolute atomic E-state index is 11.8. The molecule has 2 aromatic carbocycles. The van der Waals surface area contributed by atoms with E-state index in [0.29, 0.717) is 34.1 Å². The minimum Gasteiger partial charge on any atom is -0.462 e. The number of benzene rings is 2. The zero-order valence-corrected chi connectivity index (χ0v) is 15.7. The van der Waals surface area contributed by atoms with Gasteiger partial charge in [0, 0.05) is 5.56 Å². The summed E-state index contributed by atoms with van der Waals surface area (Å²) in [4.78, 5) is 32.9. The minimum atomic E-state index is -0.330. The molecule has 7 heteroatoms. The van der Waals surface area contributed by atoms with Crippen molar-refractivity contribution in [2.24, 2.45) is 0 Å². The zero-order valence-electron chi connectivity index (χ0n) is 15.0. The fourth-order valence-electron chi connectivity index (χ4n) is 2.98. The highest BCUT2D eigenvalue weighted by Gasteiger charge is 2.11. The van der Waals surface area contributed by atoms with Gasteiger partial charge in [-0.2, -0.15) is 0 Å². The standard InChI is InChI=1S/C21H16ClN3O3/c1-2-28-20(26)15-9-5-13(6-10-15)12-3-7-14(8-4-12)18-16(22)11-17-19(24-18)25-21(27)23-17/h3-11H,2H2,1H3,(H2,23,24,25,27). The summed E-state index contributed by atoms with van der Waals surface area (Å²) in [7, 11) is 0. The van der Waals surface area contributed by atoms with Crippen LogP contribution >= 0.6 is 11.6 Å². The summed E-state index contributed by atoms with van der Waals surface area (Å²) in [6, 6.07) is 16.7. The number of halogens is 1. The Bertz CT molecular complexity index is 1210. The second-order valence-electron chi connectivity index (χ2n) is 6.17. The molecule has 2 aromatic heterocycles. The summed E-state index contributed by atoms with van der Waals surface area (Å²) in [5, 5.41) is 0.453. The molecule has 4 rings (SSSR count). The first kappa shape index (κ1) is 18.0. The average molecular weight is 394 g/mol. The molecule has 0 saturated heterocycles. The van der Waals surface area contributed by atoms with Gasteiger partial charge in [-0.3, -0.25) is 4.98 Å². The quantitative estimate of drug-likeness (QED) is 0.502. The monoisotopic (exact) mass is 393 g/mol. The van der Waals surface area contributed by atoms with Crippen LogP contribution in [0.3, 0.4) is 0 Å². The molecular weight excluding hydrogens is 378 g/mol. The molecule has 2 heterocycles. The molecule has 0 radical (unpaired) electrons. The molecule has 0 amide bonds. The van der Waals surface area contributed by atoms with Crippen molar-refractivity contribution >= 4 is 28.7 Å². The van der Waals surface area contributed by atoms with Crippen LogP contribution < -0.4 is 5.69 Å². The van der Waals surface area contributed by atoms with Crippen molar-refractivity contribution in [1.82, 2.24) is 15.0 Å². The van der Waals surface area contributed by atoms with Crippen LogP contribution in [0.2, 0.25) is 5.02 Å². The predicted molar refractivity (Wildman–Crippen MR) is 109 cm³/mol. The highest BCUT2D eigenvalue weighted by atomic mass is 35.5. The third-order valence-electron chi connectivity index (χ3n) is 4.34. The summed E-state index contributed by atoms with van der Waals surface area (Å²) in [5.41, 5.74) is 4.62. The van der Waals surface area contributed by atoms with Crippen molar-refractivity contribution in [2.45, 2.75) is 6.92 Å². The van der Waals surface area contributed by atoms with Crippen LogP contribution in [0.15, 0.2) is 59.4 Å². The Kier molecular flexibility index (Phi) is 4.71. The largest absolute Gasteiger partial charge is 0.462 e. The van der Waals surface area contributed by atoms with Crippen LogP contribution in [0.5, 0.6) is 0 Å². The number of aromatic nitrogens is 3. The lowest BCUT2D eigenvalue weighted by molar-refractivity contribution is 0.0526. The van der Waals surface area contributed by atoms with Gasteiger partial charge in [0.2, 0.25) is 0 Å². The fourth-order valence-corrected chi connectivity index (χ4v) is 3.24. The number of rotatable bonds is 4. The number of fused-ring (bicyclic) bond motifs is 1. The van der Waals surface area contributed by atoms with Crippen molar-refractivity contribution in [3.8, 4) is 22.4 Å². The maximum Gasteiger partial charge on any atom is 0.338 e. The van der Waals surface area contributed by atoms with Crippen molar-refractivity contribution < 1.29 is 9.53 Å². The van der Waals surface area contributed by atoms with Crippen LogP contribution in [0.25, 0.3) is 33.5 Å². The summed E-state index contributed by atoms with van der Waals surface area (Å²) in [6.45, 7) is 2.13. The molecule has 0 spiro atoms. The fraction of sp³-hybridized carbons (Fsp3) is 0.0952. The Balaban J connectivity index is 1.63. The molecule has 0 aliphatic carbocycles. The lowest BCUT2D eigenvalue weighted by Crippen LogP contribution is -2.03. The van der Waals surface area contributed by atoms with E-state index in [1.165, 1.54) is 0 Å². The van der Waals surface area contributed by atoms with Crippen LogP contribution in [0.1, 0.15) is 17.3 Å². The minimum absolute atomic E-state index is 0.322. The van der Waals surface area contributed by atoms with Gasteiger partial charge in [0.05, 0.1) is 28.4 Å². The molecule has 0 aliphatic heterocycles. The van der Waals surface area contributed by atoms with Gasteiger partial charge in [-0.25, -0.2) is 14.6 Å². The topological polar surface area (TPSA) is 87.8 Å². The van der Waals surface area contributed by atoms with Crippen LogP contribution in [0.4, 0.5) is 0 Å². The van der Waals surface area contributed by atoms with E-state index in [0.717, 1.165) is 16.7 Å². The number of nitrogens with zero attached hydrogens (tertiary/aromatic N) is 1. The molecule has 0 bridgehead atoms. The van der Waals surface area contributed by atoms with Crippen molar-refractivity contribution in [2.75, 3.05) is 6.61 Å². The van der Waals surface area contributed by atoms with Gasteiger partial charge in [-0.1, -0.05) is 48.0 Å².